The zero-order valence-corrected chi connectivity index (χ0v) is 16.0. The number of aromatic nitrogens is 2. The SMILES string of the molecule is Cc1c(-c2cccc(NC(=O)CCN)c2)nc(Nc2ccc(Cl)cc2)[nH]c1=O. The van der Waals surface area contributed by atoms with E-state index in [1.807, 2.05) is 6.07 Å². The number of hydrogen-bond acceptors (Lipinski definition) is 5. The average molecular weight is 398 g/mol. The van der Waals surface area contributed by atoms with Gasteiger partial charge in [-0.3, -0.25) is 14.6 Å². The van der Waals surface area contributed by atoms with E-state index in [1.54, 1.807) is 49.4 Å². The fourth-order valence-electron chi connectivity index (χ4n) is 2.64. The fraction of sp³-hybridized carbons (Fsp3) is 0.150. The Balaban J connectivity index is 1.93. The summed E-state index contributed by atoms with van der Waals surface area (Å²) in [6, 6.07) is 14.2. The Labute approximate surface area is 167 Å². The number of benzene rings is 2. The molecule has 0 saturated carbocycles. The molecule has 144 valence electrons. The first-order valence-electron chi connectivity index (χ1n) is 8.70. The monoisotopic (exact) mass is 397 g/mol. The molecule has 0 fully saturated rings. The summed E-state index contributed by atoms with van der Waals surface area (Å²) < 4.78 is 0. The van der Waals surface area contributed by atoms with Gasteiger partial charge in [-0.1, -0.05) is 23.7 Å². The number of anilines is 3. The number of nitrogens with one attached hydrogen (secondary N) is 3. The lowest BCUT2D eigenvalue weighted by Crippen LogP contribution is -2.16. The molecule has 2 aromatic carbocycles. The second-order valence-corrected chi connectivity index (χ2v) is 6.62. The number of amides is 1. The Morgan fingerprint density at radius 2 is 1.93 bits per heavy atom. The summed E-state index contributed by atoms with van der Waals surface area (Å²) in [4.78, 5) is 31.4. The summed E-state index contributed by atoms with van der Waals surface area (Å²) in [6.45, 7) is 1.98. The van der Waals surface area contributed by atoms with Crippen LogP contribution in [0.1, 0.15) is 12.0 Å². The molecule has 0 saturated heterocycles. The minimum Gasteiger partial charge on any atom is -0.330 e. The van der Waals surface area contributed by atoms with Gasteiger partial charge in [0, 0.05) is 40.5 Å². The minimum atomic E-state index is -0.251. The van der Waals surface area contributed by atoms with E-state index in [2.05, 4.69) is 20.6 Å². The molecule has 0 unspecified atom stereocenters. The number of H-pyrrole nitrogens is 1. The lowest BCUT2D eigenvalue weighted by molar-refractivity contribution is -0.116. The Hall–Kier alpha value is -3.16. The smallest absolute Gasteiger partial charge is 0.255 e. The van der Waals surface area contributed by atoms with Gasteiger partial charge in [-0.2, -0.15) is 0 Å². The van der Waals surface area contributed by atoms with Crippen LogP contribution in [0.25, 0.3) is 11.3 Å². The van der Waals surface area contributed by atoms with E-state index < -0.39 is 0 Å². The third-order valence-corrected chi connectivity index (χ3v) is 4.30. The molecule has 0 aliphatic heterocycles. The number of rotatable bonds is 6. The second kappa shape index (κ2) is 8.69. The molecule has 3 aromatic rings. The van der Waals surface area contributed by atoms with Crippen molar-refractivity contribution in [3.8, 4) is 11.3 Å². The predicted octanol–water partition coefficient (Wildman–Crippen LogP) is 3.43. The number of halogens is 1. The van der Waals surface area contributed by atoms with E-state index in [1.165, 1.54) is 0 Å². The second-order valence-electron chi connectivity index (χ2n) is 6.19. The van der Waals surface area contributed by atoms with Gasteiger partial charge in [0.1, 0.15) is 0 Å². The lowest BCUT2D eigenvalue weighted by Gasteiger charge is -2.11. The molecular formula is C20H20ClN5O2. The van der Waals surface area contributed by atoms with Gasteiger partial charge in [0.15, 0.2) is 0 Å². The quantitative estimate of drug-likeness (QED) is 0.509. The molecule has 3 rings (SSSR count). The van der Waals surface area contributed by atoms with Crippen molar-refractivity contribution in [1.82, 2.24) is 9.97 Å². The highest BCUT2D eigenvalue weighted by atomic mass is 35.5. The maximum atomic E-state index is 12.4. The normalized spacial score (nSPS) is 10.5. The van der Waals surface area contributed by atoms with Crippen molar-refractivity contribution in [2.45, 2.75) is 13.3 Å². The summed E-state index contributed by atoms with van der Waals surface area (Å²) in [6.07, 6.45) is 0.238. The van der Waals surface area contributed by atoms with E-state index in [0.717, 1.165) is 5.69 Å². The van der Waals surface area contributed by atoms with E-state index in [0.29, 0.717) is 33.5 Å². The molecule has 1 amide bonds. The van der Waals surface area contributed by atoms with Gasteiger partial charge in [0.05, 0.1) is 5.69 Å². The van der Waals surface area contributed by atoms with Gasteiger partial charge in [-0.05, 0) is 43.3 Å². The van der Waals surface area contributed by atoms with Gasteiger partial charge in [-0.15, -0.1) is 0 Å². The Morgan fingerprint density at radius 3 is 2.64 bits per heavy atom. The first-order valence-corrected chi connectivity index (χ1v) is 9.08. The Kier molecular flexibility index (Phi) is 6.08. The molecule has 1 heterocycles. The molecule has 0 aliphatic rings. The van der Waals surface area contributed by atoms with Crippen LogP contribution >= 0.6 is 11.6 Å². The van der Waals surface area contributed by atoms with E-state index in [-0.39, 0.29) is 24.4 Å². The number of hydrogen-bond donors (Lipinski definition) is 4. The standard InChI is InChI=1S/C20H20ClN5O2/c1-12-18(13-3-2-4-16(11-13)23-17(27)9-10-22)25-20(26-19(12)28)24-15-7-5-14(21)6-8-15/h2-8,11H,9-10,22H2,1H3,(H,23,27)(H2,24,25,26,28). The number of carbonyl (C=O) groups is 1. The topological polar surface area (TPSA) is 113 Å². The van der Waals surface area contributed by atoms with E-state index in [9.17, 15) is 9.59 Å². The van der Waals surface area contributed by atoms with Crippen LogP contribution in [0.2, 0.25) is 5.02 Å². The molecule has 8 heteroatoms. The molecule has 0 spiro atoms. The summed E-state index contributed by atoms with van der Waals surface area (Å²) >= 11 is 5.90. The van der Waals surface area contributed by atoms with Gasteiger partial charge in [0.25, 0.3) is 5.56 Å². The summed E-state index contributed by atoms with van der Waals surface area (Å²) in [5.41, 5.74) is 8.23. The lowest BCUT2D eigenvalue weighted by atomic mass is 10.1. The highest BCUT2D eigenvalue weighted by Crippen LogP contribution is 2.24. The van der Waals surface area contributed by atoms with Crippen LogP contribution in [0.5, 0.6) is 0 Å². The van der Waals surface area contributed by atoms with Crippen LogP contribution in [0.3, 0.4) is 0 Å². The molecular weight excluding hydrogens is 378 g/mol. The summed E-state index contributed by atoms with van der Waals surface area (Å²) in [5.74, 6) is 0.144. The van der Waals surface area contributed by atoms with Crippen LogP contribution in [0.4, 0.5) is 17.3 Å². The fourth-order valence-corrected chi connectivity index (χ4v) is 2.77. The summed E-state index contributed by atoms with van der Waals surface area (Å²) in [5, 5.41) is 6.47. The van der Waals surface area contributed by atoms with Crippen molar-refractivity contribution in [2.24, 2.45) is 5.73 Å². The van der Waals surface area contributed by atoms with Crippen molar-refractivity contribution in [3.05, 3.63) is 69.5 Å². The Morgan fingerprint density at radius 1 is 1.18 bits per heavy atom. The van der Waals surface area contributed by atoms with Crippen LogP contribution in [-0.2, 0) is 4.79 Å². The largest absolute Gasteiger partial charge is 0.330 e. The van der Waals surface area contributed by atoms with Gasteiger partial charge in [0.2, 0.25) is 11.9 Å². The molecule has 0 aliphatic carbocycles. The highest BCUT2D eigenvalue weighted by Gasteiger charge is 2.11. The van der Waals surface area contributed by atoms with E-state index in [4.69, 9.17) is 17.3 Å². The molecule has 0 radical (unpaired) electrons. The van der Waals surface area contributed by atoms with Crippen molar-refractivity contribution in [2.75, 3.05) is 17.2 Å². The van der Waals surface area contributed by atoms with Gasteiger partial charge >= 0.3 is 0 Å². The van der Waals surface area contributed by atoms with Crippen LogP contribution in [0, 0.1) is 6.92 Å². The van der Waals surface area contributed by atoms with Crippen molar-refractivity contribution in [1.29, 1.82) is 0 Å². The molecule has 7 nitrogen and oxygen atoms in total. The number of nitrogens with zero attached hydrogens (tertiary/aromatic N) is 1. The van der Waals surface area contributed by atoms with Crippen LogP contribution in [-0.4, -0.2) is 22.4 Å². The summed E-state index contributed by atoms with van der Waals surface area (Å²) in [7, 11) is 0. The third-order valence-electron chi connectivity index (χ3n) is 4.05. The van der Waals surface area contributed by atoms with Crippen molar-refractivity contribution in [3.63, 3.8) is 0 Å². The Bertz CT molecular complexity index is 1050. The molecule has 0 atom stereocenters. The molecule has 0 bridgehead atoms. The first kappa shape index (κ1) is 19.6. The maximum Gasteiger partial charge on any atom is 0.255 e. The number of nitrogens with two attached hydrogens (primary N) is 1. The number of carbonyl (C=O) groups excluding carboxylic acids is 1. The highest BCUT2D eigenvalue weighted by molar-refractivity contribution is 6.30. The minimum absolute atomic E-state index is 0.166. The van der Waals surface area contributed by atoms with Crippen LogP contribution < -0.4 is 21.9 Å². The van der Waals surface area contributed by atoms with Gasteiger partial charge < -0.3 is 16.4 Å². The van der Waals surface area contributed by atoms with E-state index >= 15 is 0 Å². The maximum absolute atomic E-state index is 12.4. The average Bonchev–Trinajstić information content (AvgIpc) is 2.67. The molecule has 5 N–H and O–H groups in total. The molecule has 28 heavy (non-hydrogen) atoms. The zero-order chi connectivity index (χ0) is 20.1. The predicted molar refractivity (Wildman–Crippen MR) is 112 cm³/mol. The molecule has 1 aromatic heterocycles. The third kappa shape index (κ3) is 4.76. The van der Waals surface area contributed by atoms with Gasteiger partial charge in [-0.25, -0.2) is 4.98 Å². The van der Waals surface area contributed by atoms with Crippen molar-refractivity contribution < 1.29 is 4.79 Å². The number of aromatic amines is 1. The first-order chi connectivity index (χ1) is 13.5. The van der Waals surface area contributed by atoms with Crippen molar-refractivity contribution >= 4 is 34.8 Å². The zero-order valence-electron chi connectivity index (χ0n) is 15.3. The van der Waals surface area contributed by atoms with Crippen LogP contribution in [0.15, 0.2) is 53.3 Å².